The molecule has 4 rings (SSSR count). The van der Waals surface area contributed by atoms with Gasteiger partial charge in [0.2, 0.25) is 5.95 Å². The lowest BCUT2D eigenvalue weighted by Gasteiger charge is -2.29. The van der Waals surface area contributed by atoms with Gasteiger partial charge in [0.1, 0.15) is 11.4 Å². The molecule has 0 spiro atoms. The van der Waals surface area contributed by atoms with Gasteiger partial charge in [-0.15, -0.1) is 0 Å². The molecule has 1 saturated carbocycles. The molecule has 150 valence electrons. The maximum atomic E-state index is 11.9. The summed E-state index contributed by atoms with van der Waals surface area (Å²) < 4.78 is 0. The van der Waals surface area contributed by atoms with Crippen LogP contribution in [0.15, 0.2) is 36.5 Å². The molecule has 0 saturated heterocycles. The second-order valence-corrected chi connectivity index (χ2v) is 7.47. The Hall–Kier alpha value is -3.26. The fourth-order valence-electron chi connectivity index (χ4n) is 3.70. The monoisotopic (exact) mass is 391 g/mol. The number of carbonyl (C=O) groups is 1. The van der Waals surface area contributed by atoms with Gasteiger partial charge < -0.3 is 22.1 Å². The number of para-hydroxylation sites is 1. The number of nitrogens with two attached hydrogens (primary N) is 2. The van der Waals surface area contributed by atoms with Crippen LogP contribution in [0.4, 0.5) is 17.5 Å². The number of nitrogens with zero attached hydrogens (tertiary/aromatic N) is 3. The zero-order valence-corrected chi connectivity index (χ0v) is 16.4. The normalized spacial score (nSPS) is 19.1. The first-order valence-corrected chi connectivity index (χ1v) is 9.83. The molecular formula is C21H25N7O. The van der Waals surface area contributed by atoms with E-state index in [0.29, 0.717) is 11.8 Å². The van der Waals surface area contributed by atoms with Gasteiger partial charge in [0.25, 0.3) is 5.91 Å². The Bertz CT molecular complexity index is 1050. The number of amides is 1. The summed E-state index contributed by atoms with van der Waals surface area (Å²) in [4.78, 5) is 25.3. The van der Waals surface area contributed by atoms with Crippen molar-refractivity contribution < 1.29 is 4.79 Å². The number of fused-ring (bicyclic) bond motifs is 1. The van der Waals surface area contributed by atoms with Crippen LogP contribution in [-0.4, -0.2) is 32.9 Å². The number of hydrogen-bond donors (Lipinski definition) is 4. The lowest BCUT2D eigenvalue weighted by Crippen LogP contribution is -2.43. The van der Waals surface area contributed by atoms with E-state index >= 15 is 0 Å². The first-order chi connectivity index (χ1) is 14.0. The number of hydrogen-bond acceptors (Lipinski definition) is 7. The molecule has 1 amide bonds. The van der Waals surface area contributed by atoms with Gasteiger partial charge in [0, 0.05) is 29.4 Å². The highest BCUT2D eigenvalue weighted by Gasteiger charge is 2.23. The second kappa shape index (κ2) is 8.00. The summed E-state index contributed by atoms with van der Waals surface area (Å²) in [6.07, 6.45) is 5.65. The molecule has 2 aromatic heterocycles. The molecule has 8 nitrogen and oxygen atoms in total. The maximum absolute atomic E-state index is 11.9. The molecule has 6 N–H and O–H groups in total. The molecule has 0 radical (unpaired) electrons. The van der Waals surface area contributed by atoms with Gasteiger partial charge in [-0.05, 0) is 31.9 Å². The Kier molecular flexibility index (Phi) is 5.26. The predicted molar refractivity (Wildman–Crippen MR) is 114 cm³/mol. The number of pyridine rings is 1. The van der Waals surface area contributed by atoms with Gasteiger partial charge in [-0.2, -0.15) is 4.98 Å². The number of primary amides is 1. The minimum atomic E-state index is -0.599. The number of carbonyl (C=O) groups excluding carboxylic acids is 1. The van der Waals surface area contributed by atoms with Crippen LogP contribution in [0, 0.1) is 6.92 Å². The van der Waals surface area contributed by atoms with Crippen LogP contribution in [0.25, 0.3) is 10.9 Å². The number of benzene rings is 1. The van der Waals surface area contributed by atoms with Gasteiger partial charge in [0.05, 0.1) is 11.2 Å². The summed E-state index contributed by atoms with van der Waals surface area (Å²) in [5.41, 5.74) is 14.4. The van der Waals surface area contributed by atoms with Crippen LogP contribution >= 0.6 is 0 Å². The van der Waals surface area contributed by atoms with Crippen molar-refractivity contribution in [3.05, 3.63) is 47.8 Å². The topological polar surface area (TPSA) is 132 Å². The van der Waals surface area contributed by atoms with Gasteiger partial charge >= 0.3 is 0 Å². The smallest absolute Gasteiger partial charge is 0.254 e. The van der Waals surface area contributed by atoms with Crippen LogP contribution in [-0.2, 0) is 0 Å². The predicted octanol–water partition coefficient (Wildman–Crippen LogP) is 2.86. The van der Waals surface area contributed by atoms with Crippen molar-refractivity contribution in [1.82, 2.24) is 15.0 Å². The van der Waals surface area contributed by atoms with Crippen molar-refractivity contribution in [3.63, 3.8) is 0 Å². The standard InChI is InChI=1S/C21H25N7O/c1-12-9-10-13-5-4-8-17(18(13)25-12)26-20-14(19(23)29)11-24-21(28-20)27-16-7-3-2-6-15(16)22/h4-5,8-11,15-16H,2-3,6-7,22H2,1H3,(H2,23,29)(H2,24,26,27,28)/t15-,16+/m0/s1. The summed E-state index contributed by atoms with van der Waals surface area (Å²) in [7, 11) is 0. The van der Waals surface area contributed by atoms with E-state index in [-0.39, 0.29) is 17.6 Å². The molecular weight excluding hydrogens is 366 g/mol. The Balaban J connectivity index is 1.68. The van der Waals surface area contributed by atoms with Crippen molar-refractivity contribution in [2.45, 2.75) is 44.7 Å². The van der Waals surface area contributed by atoms with Gasteiger partial charge in [-0.1, -0.05) is 31.0 Å². The molecule has 2 atom stereocenters. The highest BCUT2D eigenvalue weighted by molar-refractivity contribution is 6.00. The number of aryl methyl sites for hydroxylation is 1. The number of anilines is 3. The maximum Gasteiger partial charge on any atom is 0.254 e. The Morgan fingerprint density at radius 2 is 1.97 bits per heavy atom. The van der Waals surface area contributed by atoms with Crippen molar-refractivity contribution in [3.8, 4) is 0 Å². The van der Waals surface area contributed by atoms with E-state index in [1.54, 1.807) is 0 Å². The summed E-state index contributed by atoms with van der Waals surface area (Å²) in [5.74, 6) is 0.164. The van der Waals surface area contributed by atoms with Crippen LogP contribution in [0.5, 0.6) is 0 Å². The summed E-state index contributed by atoms with van der Waals surface area (Å²) in [6, 6.07) is 9.94. The molecule has 29 heavy (non-hydrogen) atoms. The molecule has 1 aliphatic rings. The first-order valence-electron chi connectivity index (χ1n) is 9.83. The zero-order valence-electron chi connectivity index (χ0n) is 16.4. The minimum Gasteiger partial charge on any atom is -0.365 e. The van der Waals surface area contributed by atoms with E-state index in [2.05, 4.69) is 25.6 Å². The lowest BCUT2D eigenvalue weighted by molar-refractivity contribution is 0.100. The van der Waals surface area contributed by atoms with E-state index in [4.69, 9.17) is 11.5 Å². The van der Waals surface area contributed by atoms with Gasteiger partial charge in [-0.3, -0.25) is 9.78 Å². The number of aromatic nitrogens is 3. The third-order valence-corrected chi connectivity index (χ3v) is 5.30. The van der Waals surface area contributed by atoms with Gasteiger partial charge in [0.15, 0.2) is 0 Å². The lowest BCUT2D eigenvalue weighted by atomic mass is 9.91. The van der Waals surface area contributed by atoms with Crippen molar-refractivity contribution in [2.75, 3.05) is 10.6 Å². The molecule has 1 aliphatic carbocycles. The molecule has 1 aromatic carbocycles. The van der Waals surface area contributed by atoms with E-state index in [1.165, 1.54) is 6.20 Å². The van der Waals surface area contributed by atoms with E-state index < -0.39 is 5.91 Å². The molecule has 1 fully saturated rings. The fraction of sp³-hybridized carbons (Fsp3) is 0.333. The van der Waals surface area contributed by atoms with Crippen molar-refractivity contribution in [2.24, 2.45) is 11.5 Å². The molecule has 2 heterocycles. The average Bonchev–Trinajstić information content (AvgIpc) is 2.70. The molecule has 0 aliphatic heterocycles. The first kappa shape index (κ1) is 19.1. The molecule has 0 bridgehead atoms. The minimum absolute atomic E-state index is 0.0600. The zero-order chi connectivity index (χ0) is 20.4. The van der Waals surface area contributed by atoms with E-state index in [1.807, 2.05) is 37.3 Å². The fourth-order valence-corrected chi connectivity index (χ4v) is 3.70. The van der Waals surface area contributed by atoms with Crippen LogP contribution in [0.2, 0.25) is 0 Å². The SMILES string of the molecule is Cc1ccc2cccc(Nc3nc(N[C@@H]4CCCC[C@@H]4N)ncc3C(N)=O)c2n1. The summed E-state index contributed by atoms with van der Waals surface area (Å²) in [6.45, 7) is 1.94. The van der Waals surface area contributed by atoms with Crippen LogP contribution < -0.4 is 22.1 Å². The number of rotatable bonds is 5. The second-order valence-electron chi connectivity index (χ2n) is 7.47. The van der Waals surface area contributed by atoms with E-state index in [0.717, 1.165) is 48.0 Å². The van der Waals surface area contributed by atoms with Crippen molar-refractivity contribution >= 4 is 34.3 Å². The third-order valence-electron chi connectivity index (χ3n) is 5.30. The summed E-state index contributed by atoms with van der Waals surface area (Å²) in [5, 5.41) is 7.53. The average molecular weight is 391 g/mol. The molecule has 8 heteroatoms. The Morgan fingerprint density at radius 1 is 1.14 bits per heavy atom. The third kappa shape index (κ3) is 4.12. The Morgan fingerprint density at radius 3 is 2.76 bits per heavy atom. The van der Waals surface area contributed by atoms with Crippen LogP contribution in [0.1, 0.15) is 41.7 Å². The summed E-state index contributed by atoms with van der Waals surface area (Å²) >= 11 is 0. The molecule has 3 aromatic rings. The number of nitrogens with one attached hydrogen (secondary N) is 2. The van der Waals surface area contributed by atoms with Crippen LogP contribution in [0.3, 0.4) is 0 Å². The van der Waals surface area contributed by atoms with Gasteiger partial charge in [-0.25, -0.2) is 4.98 Å². The highest BCUT2D eigenvalue weighted by Crippen LogP contribution is 2.27. The highest BCUT2D eigenvalue weighted by atomic mass is 16.1. The Labute approximate surface area is 169 Å². The largest absolute Gasteiger partial charge is 0.365 e. The quantitative estimate of drug-likeness (QED) is 0.526. The van der Waals surface area contributed by atoms with Crippen molar-refractivity contribution in [1.29, 1.82) is 0 Å². The van der Waals surface area contributed by atoms with E-state index in [9.17, 15) is 4.79 Å². The molecule has 0 unspecified atom stereocenters.